The lowest BCUT2D eigenvalue weighted by molar-refractivity contribution is 0.101. The molecule has 150 valence electrons. The fourth-order valence-corrected chi connectivity index (χ4v) is 4.63. The van der Waals surface area contributed by atoms with Gasteiger partial charge in [-0.15, -0.1) is 11.3 Å². The van der Waals surface area contributed by atoms with E-state index in [4.69, 9.17) is 4.74 Å². The first-order valence-electron chi connectivity index (χ1n) is 8.84. The number of pyridine rings is 2. The van der Waals surface area contributed by atoms with Crippen LogP contribution in [0.15, 0.2) is 92.2 Å². The molecule has 0 radical (unpaired) electrons. The van der Waals surface area contributed by atoms with Gasteiger partial charge in [-0.3, -0.25) is 10.1 Å². The molecule has 1 N–H and O–H groups in total. The number of hydrogen-bond acceptors (Lipinski definition) is 8. The summed E-state index contributed by atoms with van der Waals surface area (Å²) in [6.07, 6.45) is 3.38. The lowest BCUT2D eigenvalue weighted by Crippen LogP contribution is -2.15. The molecule has 4 aromatic rings. The van der Waals surface area contributed by atoms with Crippen molar-refractivity contribution < 1.29 is 9.53 Å². The van der Waals surface area contributed by atoms with Crippen LogP contribution in [0.5, 0.6) is 5.75 Å². The van der Waals surface area contributed by atoms with E-state index in [1.165, 1.54) is 34.9 Å². The summed E-state index contributed by atoms with van der Waals surface area (Å²) in [5.41, 5.74) is 0.340. The molecule has 0 bridgehead atoms. The van der Waals surface area contributed by atoms with Gasteiger partial charge in [0.1, 0.15) is 21.5 Å². The number of carbonyl (C=O) groups is 1. The number of anilines is 1. The van der Waals surface area contributed by atoms with Crippen LogP contribution in [0.3, 0.4) is 0 Å². The van der Waals surface area contributed by atoms with Crippen LogP contribution in [-0.4, -0.2) is 28.0 Å². The van der Waals surface area contributed by atoms with Crippen molar-refractivity contribution >= 4 is 45.9 Å². The Kier molecular flexibility index (Phi) is 6.63. The van der Waals surface area contributed by atoms with Gasteiger partial charge in [0.2, 0.25) is 0 Å². The molecule has 0 aliphatic heterocycles. The second kappa shape index (κ2) is 9.75. The van der Waals surface area contributed by atoms with Crippen molar-refractivity contribution in [2.75, 3.05) is 12.4 Å². The minimum Gasteiger partial charge on any atom is -0.497 e. The van der Waals surface area contributed by atoms with Gasteiger partial charge in [-0.1, -0.05) is 29.6 Å². The number of nitrogens with zero attached hydrogens (tertiary/aromatic N) is 3. The quantitative estimate of drug-likeness (QED) is 0.397. The Morgan fingerprint density at radius 2 is 1.83 bits per heavy atom. The van der Waals surface area contributed by atoms with Crippen LogP contribution in [0.2, 0.25) is 0 Å². The number of ether oxygens (including phenoxy) is 1. The lowest BCUT2D eigenvalue weighted by atomic mass is 10.3. The first-order valence-corrected chi connectivity index (χ1v) is 11.4. The van der Waals surface area contributed by atoms with Crippen LogP contribution >= 0.6 is 34.9 Å². The molecule has 0 atom stereocenters. The highest BCUT2D eigenvalue weighted by molar-refractivity contribution is 7.99. The lowest BCUT2D eigenvalue weighted by Gasteiger charge is -2.10. The minimum atomic E-state index is -0.301. The Balaban J connectivity index is 1.63. The van der Waals surface area contributed by atoms with Crippen molar-refractivity contribution in [1.29, 1.82) is 0 Å². The van der Waals surface area contributed by atoms with Crippen molar-refractivity contribution in [2.45, 2.75) is 19.8 Å². The second-order valence-corrected chi connectivity index (χ2v) is 8.89. The van der Waals surface area contributed by atoms with Crippen molar-refractivity contribution in [3.63, 3.8) is 0 Å². The summed E-state index contributed by atoms with van der Waals surface area (Å²) in [5, 5.41) is 6.67. The summed E-state index contributed by atoms with van der Waals surface area (Å²) in [5.74, 6) is 0.478. The standard InChI is InChI=1S/C21H16N4O2S3/c1-27-14-5-7-15(8-6-14)29-16-9-10-18(30-17-4-2-3-11-22-17)24-19(16)20(26)25-21-23-12-13-28-21/h2-13H,1H3,(H,23,25,26). The van der Waals surface area contributed by atoms with Gasteiger partial charge in [-0.05, 0) is 48.5 Å². The SMILES string of the molecule is COc1ccc(Sc2ccc(Sc3ccccn3)nc2C(=O)Nc2nccs2)cc1. The molecule has 0 fully saturated rings. The summed E-state index contributed by atoms with van der Waals surface area (Å²) in [7, 11) is 1.63. The van der Waals surface area contributed by atoms with E-state index in [0.717, 1.165) is 20.6 Å². The van der Waals surface area contributed by atoms with E-state index < -0.39 is 0 Å². The number of methoxy groups -OCH3 is 1. The number of carbonyl (C=O) groups excluding carboxylic acids is 1. The van der Waals surface area contributed by atoms with E-state index in [0.29, 0.717) is 15.9 Å². The number of nitrogens with one attached hydrogen (secondary N) is 1. The fraction of sp³-hybridized carbons (Fsp3) is 0.0476. The maximum atomic E-state index is 13.0. The van der Waals surface area contributed by atoms with Crippen molar-refractivity contribution in [3.8, 4) is 5.75 Å². The molecule has 1 aromatic carbocycles. The maximum Gasteiger partial charge on any atom is 0.277 e. The molecule has 0 aliphatic carbocycles. The van der Waals surface area contributed by atoms with Gasteiger partial charge in [0, 0.05) is 27.6 Å². The van der Waals surface area contributed by atoms with Crippen LogP contribution in [0.1, 0.15) is 10.5 Å². The summed E-state index contributed by atoms with van der Waals surface area (Å²) >= 11 is 4.23. The molecule has 6 nitrogen and oxygen atoms in total. The third-order valence-corrected chi connectivity index (χ3v) is 6.47. The molecule has 3 heterocycles. The molecule has 0 unspecified atom stereocenters. The molecule has 0 spiro atoms. The molecule has 4 rings (SSSR count). The van der Waals surface area contributed by atoms with Gasteiger partial charge in [0.15, 0.2) is 5.13 Å². The van der Waals surface area contributed by atoms with Gasteiger partial charge < -0.3 is 4.74 Å². The van der Waals surface area contributed by atoms with E-state index >= 15 is 0 Å². The fourth-order valence-electron chi connectivity index (χ4n) is 2.46. The molecule has 1 amide bonds. The second-order valence-electron chi connectivity index (χ2n) is 5.84. The molecular weight excluding hydrogens is 436 g/mol. The topological polar surface area (TPSA) is 77.0 Å². The number of amides is 1. The Morgan fingerprint density at radius 1 is 0.967 bits per heavy atom. The van der Waals surface area contributed by atoms with Gasteiger partial charge in [-0.25, -0.2) is 15.0 Å². The van der Waals surface area contributed by atoms with E-state index in [1.54, 1.807) is 19.5 Å². The molecule has 0 saturated carbocycles. The van der Waals surface area contributed by atoms with Crippen molar-refractivity contribution in [1.82, 2.24) is 15.0 Å². The average molecular weight is 453 g/mol. The maximum absolute atomic E-state index is 13.0. The van der Waals surface area contributed by atoms with Gasteiger partial charge in [0.25, 0.3) is 5.91 Å². The van der Waals surface area contributed by atoms with Crippen LogP contribution < -0.4 is 10.1 Å². The van der Waals surface area contributed by atoms with Crippen molar-refractivity contribution in [3.05, 3.63) is 78.1 Å². The number of thiazole rings is 1. The zero-order chi connectivity index (χ0) is 20.8. The highest BCUT2D eigenvalue weighted by Gasteiger charge is 2.17. The first-order chi connectivity index (χ1) is 14.7. The molecule has 9 heteroatoms. The zero-order valence-corrected chi connectivity index (χ0v) is 18.3. The molecule has 0 saturated heterocycles. The highest BCUT2D eigenvalue weighted by atomic mass is 32.2. The summed E-state index contributed by atoms with van der Waals surface area (Å²) in [4.78, 5) is 27.8. The summed E-state index contributed by atoms with van der Waals surface area (Å²) < 4.78 is 5.21. The Hall–Kier alpha value is -2.88. The third-order valence-electron chi connectivity index (χ3n) is 3.83. The summed E-state index contributed by atoms with van der Waals surface area (Å²) in [6.45, 7) is 0. The van der Waals surface area contributed by atoms with Gasteiger partial charge in [0.05, 0.1) is 7.11 Å². The van der Waals surface area contributed by atoms with Crippen LogP contribution in [0, 0.1) is 0 Å². The largest absolute Gasteiger partial charge is 0.497 e. The van der Waals surface area contributed by atoms with E-state index in [9.17, 15) is 4.79 Å². The average Bonchev–Trinajstić information content (AvgIpc) is 3.29. The molecule has 0 aliphatic rings. The van der Waals surface area contributed by atoms with Gasteiger partial charge >= 0.3 is 0 Å². The number of benzene rings is 1. The van der Waals surface area contributed by atoms with Crippen LogP contribution in [-0.2, 0) is 0 Å². The van der Waals surface area contributed by atoms with Crippen LogP contribution in [0.4, 0.5) is 5.13 Å². The number of hydrogen-bond donors (Lipinski definition) is 1. The van der Waals surface area contributed by atoms with Crippen molar-refractivity contribution in [2.24, 2.45) is 0 Å². The van der Waals surface area contributed by atoms with E-state index in [2.05, 4.69) is 20.3 Å². The Morgan fingerprint density at radius 3 is 2.53 bits per heavy atom. The minimum absolute atomic E-state index is 0.301. The predicted octanol–water partition coefficient (Wildman–Crippen LogP) is 5.50. The summed E-state index contributed by atoms with van der Waals surface area (Å²) in [6, 6.07) is 17.1. The Bertz CT molecular complexity index is 1120. The smallest absolute Gasteiger partial charge is 0.277 e. The monoisotopic (exact) mass is 452 g/mol. The normalized spacial score (nSPS) is 10.6. The van der Waals surface area contributed by atoms with E-state index in [-0.39, 0.29) is 5.91 Å². The molecule has 3 aromatic heterocycles. The zero-order valence-electron chi connectivity index (χ0n) is 15.8. The molecule has 30 heavy (non-hydrogen) atoms. The number of rotatable bonds is 7. The number of aromatic nitrogens is 3. The Labute approximate surface area is 186 Å². The van der Waals surface area contributed by atoms with Gasteiger partial charge in [-0.2, -0.15) is 0 Å². The molecular formula is C21H16N4O2S3. The van der Waals surface area contributed by atoms with Crippen LogP contribution in [0.25, 0.3) is 0 Å². The van der Waals surface area contributed by atoms with E-state index in [1.807, 2.05) is 60.0 Å². The highest BCUT2D eigenvalue weighted by Crippen LogP contribution is 2.34. The predicted molar refractivity (Wildman–Crippen MR) is 120 cm³/mol. The third kappa shape index (κ3) is 5.18. The first kappa shape index (κ1) is 20.4.